The number of rotatable bonds is 0. The van der Waals surface area contributed by atoms with Crippen LogP contribution in [-0.4, -0.2) is 13.6 Å². The van der Waals surface area contributed by atoms with Gasteiger partial charge in [-0.1, -0.05) is 0 Å². The van der Waals surface area contributed by atoms with Gasteiger partial charge in [0, 0.05) is 0 Å². The average Bonchev–Trinajstić information content (AvgIpc) is 1.35. The fraction of sp³-hybridized carbons (Fsp3) is 1.00. The molecule has 0 spiro atoms. The summed E-state index contributed by atoms with van der Waals surface area (Å²) in [7, 11) is -1.31. The maximum absolute atomic E-state index is 10.4. The summed E-state index contributed by atoms with van der Waals surface area (Å²) >= 11 is 0. The van der Waals surface area contributed by atoms with E-state index in [1.807, 2.05) is 0 Å². The van der Waals surface area contributed by atoms with Crippen molar-refractivity contribution in [1.82, 2.24) is 0 Å². The maximum atomic E-state index is 10.4. The van der Waals surface area contributed by atoms with Crippen molar-refractivity contribution in [3.63, 3.8) is 0 Å². The molecule has 0 amide bonds. The second-order valence-electron chi connectivity index (χ2n) is 0.651. The Labute approximate surface area is 32.4 Å². The molecule has 0 aliphatic carbocycles. The van der Waals surface area contributed by atoms with E-state index in [0.29, 0.717) is 0 Å². The third-order valence-electron chi connectivity index (χ3n) is 0.124. The zero-order chi connectivity index (χ0) is 5.21. The number of hydrogen-bond donors (Lipinski definition) is 0. The summed E-state index contributed by atoms with van der Waals surface area (Å²) in [5, 5.41) is 0. The minimum Gasteiger partial charge on any atom is -0.330 e. The van der Waals surface area contributed by atoms with Gasteiger partial charge in [0.1, 0.15) is 0 Å². The van der Waals surface area contributed by atoms with Crippen LogP contribution in [0.4, 0.5) is 17.5 Å². The van der Waals surface area contributed by atoms with Crippen molar-refractivity contribution < 1.29 is 17.5 Å². The van der Waals surface area contributed by atoms with Crippen molar-refractivity contribution >= 4 is 7.56 Å². The van der Waals surface area contributed by atoms with Gasteiger partial charge in [0.25, 0.3) is 0 Å². The van der Waals surface area contributed by atoms with E-state index in [9.17, 15) is 17.5 Å². The van der Waals surface area contributed by atoms with Gasteiger partial charge in [-0.3, -0.25) is 0 Å². The summed E-state index contributed by atoms with van der Waals surface area (Å²) in [6.07, 6.45) is -4.75. The van der Waals surface area contributed by atoms with Crippen molar-refractivity contribution in [2.24, 2.45) is 0 Å². The summed E-state index contributed by atoms with van der Waals surface area (Å²) in [5.74, 6) is 0. The molecule has 35 valence electrons. The van der Waals surface area contributed by atoms with Gasteiger partial charge < -0.3 is 4.32 Å². The Bertz CT molecular complexity index is 37.3. The fourth-order valence-electron chi connectivity index (χ4n) is 0. The minimum absolute atomic E-state index is 1.31. The van der Waals surface area contributed by atoms with Gasteiger partial charge in [0.15, 0.2) is 0 Å². The number of halogens is 4. The molecule has 0 nitrogen and oxygen atoms in total. The highest BCUT2D eigenvalue weighted by Gasteiger charge is 2.30. The van der Waals surface area contributed by atoms with Gasteiger partial charge in [-0.05, 0) is 0 Å². The first kappa shape index (κ1) is 5.78. The van der Waals surface area contributed by atoms with Crippen LogP contribution >= 0.6 is 0 Å². The molecule has 0 aromatic rings. The van der Waals surface area contributed by atoms with Crippen molar-refractivity contribution in [3.8, 4) is 0 Å². The Morgan fingerprint density at radius 1 is 1.17 bits per heavy atom. The first-order valence-corrected chi connectivity index (χ1v) is 1.07. The Kier molecular flexibility index (Phi) is 1.44. The number of alkyl halides is 3. The molecular formula is CBF4. The quantitative estimate of drug-likeness (QED) is 0.315. The SMILES string of the molecule is F[B]C(F)(F)F. The van der Waals surface area contributed by atoms with E-state index >= 15 is 0 Å². The summed E-state index contributed by atoms with van der Waals surface area (Å²) in [6.45, 7) is 0. The van der Waals surface area contributed by atoms with Crippen LogP contribution in [-0.2, 0) is 0 Å². The molecule has 0 saturated heterocycles. The topological polar surface area (TPSA) is 0 Å². The van der Waals surface area contributed by atoms with Crippen molar-refractivity contribution in [3.05, 3.63) is 0 Å². The third-order valence-corrected chi connectivity index (χ3v) is 0.124. The molecule has 0 unspecified atom stereocenters. The van der Waals surface area contributed by atoms with Crippen molar-refractivity contribution in [2.75, 3.05) is 0 Å². The second kappa shape index (κ2) is 1.49. The predicted octanol–water partition coefficient (Wildman–Crippen LogP) is 1.09. The van der Waals surface area contributed by atoms with E-state index in [4.69, 9.17) is 0 Å². The lowest BCUT2D eigenvalue weighted by Crippen LogP contribution is -2.12. The van der Waals surface area contributed by atoms with E-state index in [1.54, 1.807) is 0 Å². The van der Waals surface area contributed by atoms with Crippen LogP contribution in [0.25, 0.3) is 0 Å². The molecule has 1 radical (unpaired) electrons. The fourth-order valence-corrected chi connectivity index (χ4v) is 0. The average molecular weight is 98.8 g/mol. The van der Waals surface area contributed by atoms with Gasteiger partial charge in [-0.15, -0.1) is 0 Å². The van der Waals surface area contributed by atoms with Crippen LogP contribution in [0.5, 0.6) is 0 Å². The normalized spacial score (nSPS) is 11.3. The summed E-state index contributed by atoms with van der Waals surface area (Å²) < 4.78 is 41.3. The first-order valence-electron chi connectivity index (χ1n) is 1.07. The highest BCUT2D eigenvalue weighted by atomic mass is 19.4. The van der Waals surface area contributed by atoms with Gasteiger partial charge in [-0.25, -0.2) is 0 Å². The Morgan fingerprint density at radius 2 is 1.33 bits per heavy atom. The maximum Gasteiger partial charge on any atom is 0.485 e. The molecule has 6 heavy (non-hydrogen) atoms. The van der Waals surface area contributed by atoms with Gasteiger partial charge in [-0.2, -0.15) is 13.2 Å². The van der Waals surface area contributed by atoms with Gasteiger partial charge in [0.05, 0.1) is 0 Å². The first-order chi connectivity index (χ1) is 2.56. The van der Waals surface area contributed by atoms with Crippen LogP contribution in [0.3, 0.4) is 0 Å². The van der Waals surface area contributed by atoms with Crippen LogP contribution < -0.4 is 0 Å². The molecule has 0 aliphatic heterocycles. The largest absolute Gasteiger partial charge is 0.485 e. The van der Waals surface area contributed by atoms with E-state index in [2.05, 4.69) is 0 Å². The van der Waals surface area contributed by atoms with Gasteiger partial charge >= 0.3 is 13.6 Å². The van der Waals surface area contributed by atoms with Gasteiger partial charge in [0.2, 0.25) is 0 Å². The molecule has 0 aliphatic rings. The Morgan fingerprint density at radius 3 is 1.33 bits per heavy atom. The predicted molar refractivity (Wildman–Crippen MR) is 12.9 cm³/mol. The lowest BCUT2D eigenvalue weighted by atomic mass is 10.1. The van der Waals surface area contributed by atoms with E-state index in [0.717, 1.165) is 0 Å². The zero-order valence-electron chi connectivity index (χ0n) is 2.59. The molecule has 0 heterocycles. The lowest BCUT2D eigenvalue weighted by Gasteiger charge is -1.91. The number of hydrogen-bond acceptors (Lipinski definition) is 0. The molecule has 0 N–H and O–H groups in total. The Balaban J connectivity index is 3.17. The second-order valence-corrected chi connectivity index (χ2v) is 0.651. The summed E-state index contributed by atoms with van der Waals surface area (Å²) in [4.78, 5) is 0. The molecule has 0 fully saturated rings. The molecule has 0 bridgehead atoms. The monoisotopic (exact) mass is 99.0 g/mol. The molecule has 0 aromatic heterocycles. The smallest absolute Gasteiger partial charge is 0.330 e. The summed E-state index contributed by atoms with van der Waals surface area (Å²) in [5.41, 5.74) is 0. The molecule has 0 saturated carbocycles. The Hall–Kier alpha value is -0.215. The molecule has 0 rings (SSSR count). The molecule has 0 atom stereocenters. The zero-order valence-corrected chi connectivity index (χ0v) is 2.59. The van der Waals surface area contributed by atoms with Crippen LogP contribution in [0.1, 0.15) is 0 Å². The van der Waals surface area contributed by atoms with Crippen LogP contribution in [0, 0.1) is 0 Å². The standard InChI is InChI=1S/CBF4/c3-1(4,5)2-6. The van der Waals surface area contributed by atoms with E-state index in [1.165, 1.54) is 0 Å². The lowest BCUT2D eigenvalue weighted by molar-refractivity contribution is -0.0522. The molecular weight excluding hydrogens is 98.8 g/mol. The molecule has 0 aromatic carbocycles. The van der Waals surface area contributed by atoms with Crippen molar-refractivity contribution in [1.29, 1.82) is 0 Å². The minimum atomic E-state index is -4.75. The van der Waals surface area contributed by atoms with E-state index in [-0.39, 0.29) is 0 Å². The van der Waals surface area contributed by atoms with E-state index < -0.39 is 13.6 Å². The van der Waals surface area contributed by atoms with Crippen LogP contribution in [0.15, 0.2) is 0 Å². The third kappa shape index (κ3) is 3.78. The highest BCUT2D eigenvalue weighted by Crippen LogP contribution is 2.11. The highest BCUT2D eigenvalue weighted by molar-refractivity contribution is 6.28. The molecule has 5 heteroatoms. The van der Waals surface area contributed by atoms with Crippen LogP contribution in [0.2, 0.25) is 0 Å². The van der Waals surface area contributed by atoms with Crippen molar-refractivity contribution in [2.45, 2.75) is 6.08 Å². The summed E-state index contributed by atoms with van der Waals surface area (Å²) in [6, 6.07) is 0.